The molecule has 9 heteroatoms. The van der Waals surface area contributed by atoms with Crippen LogP contribution in [0.1, 0.15) is 27.1 Å². The highest BCUT2D eigenvalue weighted by atomic mass is 32.2. The molecule has 142 valence electrons. The fraction of sp³-hybridized carbons (Fsp3) is 0.278. The largest absolute Gasteiger partial charge is 0.497 e. The molecule has 1 aliphatic rings. The Morgan fingerprint density at radius 1 is 1.11 bits per heavy atom. The number of pyridine rings is 1. The van der Waals surface area contributed by atoms with Gasteiger partial charge in [-0.15, -0.1) is 0 Å². The van der Waals surface area contributed by atoms with Gasteiger partial charge < -0.3 is 15.4 Å². The molecule has 1 atom stereocenters. The third kappa shape index (κ3) is 4.82. The van der Waals surface area contributed by atoms with Gasteiger partial charge in [-0.2, -0.15) is 0 Å². The molecule has 1 aromatic heterocycles. The predicted octanol–water partition coefficient (Wildman–Crippen LogP) is 1.26. The normalized spacial score (nSPS) is 17.9. The number of aromatic nitrogens is 1. The SMILES string of the molecule is COc1ccc(NC(=O)c2cncc(C(=O)NC3CCS(=O)(=O)C3)c2)cc1. The van der Waals surface area contributed by atoms with Crippen LogP contribution in [-0.2, 0) is 9.84 Å². The van der Waals surface area contributed by atoms with E-state index in [0.29, 0.717) is 17.9 Å². The number of ether oxygens (including phenoxy) is 1. The molecule has 0 aliphatic carbocycles. The van der Waals surface area contributed by atoms with E-state index in [9.17, 15) is 18.0 Å². The second-order valence-corrected chi connectivity index (χ2v) is 8.45. The lowest BCUT2D eigenvalue weighted by atomic mass is 10.1. The summed E-state index contributed by atoms with van der Waals surface area (Å²) in [7, 11) is -1.54. The van der Waals surface area contributed by atoms with Crippen LogP contribution in [0.2, 0.25) is 0 Å². The van der Waals surface area contributed by atoms with Crippen LogP contribution < -0.4 is 15.4 Å². The molecule has 0 spiro atoms. The highest BCUT2D eigenvalue weighted by molar-refractivity contribution is 7.91. The van der Waals surface area contributed by atoms with Crippen LogP contribution in [0.25, 0.3) is 0 Å². The van der Waals surface area contributed by atoms with Gasteiger partial charge >= 0.3 is 0 Å². The Kier molecular flexibility index (Phi) is 5.41. The third-order valence-electron chi connectivity index (χ3n) is 4.18. The molecule has 2 amide bonds. The minimum absolute atomic E-state index is 0.0657. The Morgan fingerprint density at radius 3 is 2.37 bits per heavy atom. The Morgan fingerprint density at radius 2 is 1.78 bits per heavy atom. The summed E-state index contributed by atoms with van der Waals surface area (Å²) < 4.78 is 28.0. The van der Waals surface area contributed by atoms with Crippen molar-refractivity contribution in [2.24, 2.45) is 0 Å². The van der Waals surface area contributed by atoms with E-state index < -0.39 is 27.7 Å². The smallest absolute Gasteiger partial charge is 0.257 e. The Bertz CT molecular complexity index is 957. The van der Waals surface area contributed by atoms with E-state index in [1.807, 2.05) is 0 Å². The summed E-state index contributed by atoms with van der Waals surface area (Å²) in [5.41, 5.74) is 0.992. The Labute approximate surface area is 156 Å². The number of benzene rings is 1. The quantitative estimate of drug-likeness (QED) is 0.796. The monoisotopic (exact) mass is 389 g/mol. The molecule has 2 aromatic rings. The standard InChI is InChI=1S/C18H19N3O5S/c1-26-16-4-2-14(3-5-16)20-17(22)12-8-13(10-19-9-12)18(23)21-15-6-7-27(24,25)11-15/h2-5,8-10,15H,6-7,11H2,1H3,(H,20,22)(H,21,23). The van der Waals surface area contributed by atoms with Crippen LogP contribution in [0.15, 0.2) is 42.7 Å². The first kappa shape index (κ1) is 18.8. The average molecular weight is 389 g/mol. The van der Waals surface area contributed by atoms with Crippen molar-refractivity contribution in [1.82, 2.24) is 10.3 Å². The minimum Gasteiger partial charge on any atom is -0.497 e. The molecular weight excluding hydrogens is 370 g/mol. The number of hydrogen-bond acceptors (Lipinski definition) is 6. The van der Waals surface area contributed by atoms with Crippen molar-refractivity contribution in [3.8, 4) is 5.75 Å². The maximum absolute atomic E-state index is 12.4. The predicted molar refractivity (Wildman–Crippen MR) is 99.7 cm³/mol. The van der Waals surface area contributed by atoms with Crippen molar-refractivity contribution in [2.75, 3.05) is 23.9 Å². The van der Waals surface area contributed by atoms with E-state index in [2.05, 4.69) is 15.6 Å². The molecule has 0 saturated carbocycles. The molecular formula is C18H19N3O5S. The molecule has 1 aromatic carbocycles. The van der Waals surface area contributed by atoms with Gasteiger partial charge in [0.1, 0.15) is 5.75 Å². The first-order valence-electron chi connectivity index (χ1n) is 8.28. The lowest BCUT2D eigenvalue weighted by molar-refractivity contribution is 0.0940. The van der Waals surface area contributed by atoms with E-state index in [0.717, 1.165) is 0 Å². The number of nitrogens with one attached hydrogen (secondary N) is 2. The molecule has 27 heavy (non-hydrogen) atoms. The van der Waals surface area contributed by atoms with Crippen LogP contribution >= 0.6 is 0 Å². The van der Waals surface area contributed by atoms with Crippen molar-refractivity contribution in [1.29, 1.82) is 0 Å². The topological polar surface area (TPSA) is 114 Å². The van der Waals surface area contributed by atoms with Gasteiger partial charge in [-0.1, -0.05) is 0 Å². The number of hydrogen-bond donors (Lipinski definition) is 2. The van der Waals surface area contributed by atoms with E-state index >= 15 is 0 Å². The fourth-order valence-electron chi connectivity index (χ4n) is 2.74. The zero-order valence-corrected chi connectivity index (χ0v) is 15.5. The lowest BCUT2D eigenvalue weighted by Crippen LogP contribution is -2.35. The lowest BCUT2D eigenvalue weighted by Gasteiger charge is -2.11. The second-order valence-electron chi connectivity index (χ2n) is 6.22. The molecule has 1 fully saturated rings. The van der Waals surface area contributed by atoms with Gasteiger partial charge in [-0.25, -0.2) is 8.42 Å². The number of carbonyl (C=O) groups is 2. The van der Waals surface area contributed by atoms with Crippen molar-refractivity contribution >= 4 is 27.3 Å². The maximum Gasteiger partial charge on any atom is 0.257 e. The Hall–Kier alpha value is -2.94. The summed E-state index contributed by atoms with van der Waals surface area (Å²) in [5.74, 6) is -0.193. The average Bonchev–Trinajstić information content (AvgIpc) is 3.00. The maximum atomic E-state index is 12.4. The van der Waals surface area contributed by atoms with Crippen LogP contribution in [0.3, 0.4) is 0 Å². The van der Waals surface area contributed by atoms with Gasteiger partial charge in [0.15, 0.2) is 9.84 Å². The second kappa shape index (κ2) is 7.75. The van der Waals surface area contributed by atoms with Gasteiger partial charge in [0, 0.05) is 24.1 Å². The molecule has 1 aliphatic heterocycles. The third-order valence-corrected chi connectivity index (χ3v) is 5.95. The van der Waals surface area contributed by atoms with Crippen LogP contribution in [0.5, 0.6) is 5.75 Å². The molecule has 3 rings (SSSR count). The number of nitrogens with zero attached hydrogens (tertiary/aromatic N) is 1. The summed E-state index contributed by atoms with van der Waals surface area (Å²) in [5, 5.41) is 5.39. The zero-order chi connectivity index (χ0) is 19.4. The van der Waals surface area contributed by atoms with Crippen LogP contribution in [-0.4, -0.2) is 49.9 Å². The number of anilines is 1. The molecule has 1 saturated heterocycles. The Balaban J connectivity index is 1.67. The van der Waals surface area contributed by atoms with E-state index in [4.69, 9.17) is 4.74 Å². The minimum atomic E-state index is -3.09. The summed E-state index contributed by atoms with van der Waals surface area (Å²) in [6.45, 7) is 0. The van der Waals surface area contributed by atoms with E-state index in [1.165, 1.54) is 18.5 Å². The van der Waals surface area contributed by atoms with E-state index in [1.54, 1.807) is 31.4 Å². The fourth-order valence-corrected chi connectivity index (χ4v) is 4.42. The first-order chi connectivity index (χ1) is 12.9. The molecule has 8 nitrogen and oxygen atoms in total. The molecule has 0 radical (unpaired) electrons. The van der Waals surface area contributed by atoms with E-state index in [-0.39, 0.29) is 22.6 Å². The summed E-state index contributed by atoms with van der Waals surface area (Å²) >= 11 is 0. The number of sulfone groups is 1. The molecule has 0 bridgehead atoms. The number of methoxy groups -OCH3 is 1. The van der Waals surface area contributed by atoms with Gasteiger partial charge in [-0.05, 0) is 36.8 Å². The molecule has 1 unspecified atom stereocenters. The highest BCUT2D eigenvalue weighted by Gasteiger charge is 2.29. The van der Waals surface area contributed by atoms with Gasteiger partial charge in [-0.3, -0.25) is 14.6 Å². The van der Waals surface area contributed by atoms with Gasteiger partial charge in [0.25, 0.3) is 11.8 Å². The summed E-state index contributed by atoms with van der Waals surface area (Å²) in [6, 6.07) is 7.83. The van der Waals surface area contributed by atoms with Crippen LogP contribution in [0.4, 0.5) is 5.69 Å². The number of rotatable bonds is 5. The van der Waals surface area contributed by atoms with Crippen molar-refractivity contribution < 1.29 is 22.7 Å². The molecule has 2 N–H and O–H groups in total. The number of carbonyl (C=O) groups excluding carboxylic acids is 2. The molecule has 2 heterocycles. The van der Waals surface area contributed by atoms with Crippen molar-refractivity contribution in [2.45, 2.75) is 12.5 Å². The zero-order valence-electron chi connectivity index (χ0n) is 14.6. The first-order valence-corrected chi connectivity index (χ1v) is 10.1. The van der Waals surface area contributed by atoms with Crippen LogP contribution in [0, 0.1) is 0 Å². The van der Waals surface area contributed by atoms with Gasteiger partial charge in [0.2, 0.25) is 0 Å². The highest BCUT2D eigenvalue weighted by Crippen LogP contribution is 2.16. The summed E-state index contributed by atoms with van der Waals surface area (Å²) in [6.07, 6.45) is 3.08. The summed E-state index contributed by atoms with van der Waals surface area (Å²) in [4.78, 5) is 28.6. The van der Waals surface area contributed by atoms with Gasteiger partial charge in [0.05, 0.1) is 29.7 Å². The van der Waals surface area contributed by atoms with Crippen molar-refractivity contribution in [3.63, 3.8) is 0 Å². The number of amides is 2. The van der Waals surface area contributed by atoms with Crippen molar-refractivity contribution in [3.05, 3.63) is 53.9 Å².